The molecule has 0 saturated carbocycles. The Balaban J connectivity index is 4.08. The van der Waals surface area contributed by atoms with Gasteiger partial charge in [0.2, 0.25) is 0 Å². The maximum Gasteiger partial charge on any atom is 0.469 e. The van der Waals surface area contributed by atoms with Crippen LogP contribution in [0.5, 0.6) is 0 Å². The van der Waals surface area contributed by atoms with Crippen LogP contribution < -0.4 is 0 Å². The molecule has 258 valence electrons. The van der Waals surface area contributed by atoms with Gasteiger partial charge < -0.3 is 19.3 Å². The number of hydrogen-bond acceptors (Lipinski definition) is 6. The molecule has 45 heavy (non-hydrogen) atoms. The Labute approximate surface area is 273 Å². The quantitative estimate of drug-likeness (QED) is 0.0341. The molecule has 0 bridgehead atoms. The highest BCUT2D eigenvalue weighted by Gasteiger charge is 2.22. The molecule has 0 aromatic heterocycles. The van der Waals surface area contributed by atoms with E-state index < -0.39 is 32.5 Å². The van der Waals surface area contributed by atoms with Crippen molar-refractivity contribution in [2.45, 2.75) is 142 Å². The second-order valence-corrected chi connectivity index (χ2v) is 12.4. The lowest BCUT2D eigenvalue weighted by Gasteiger charge is -2.18. The van der Waals surface area contributed by atoms with Gasteiger partial charge in [0.05, 0.1) is 6.61 Å². The van der Waals surface area contributed by atoms with Crippen molar-refractivity contribution >= 4 is 19.8 Å². The predicted octanol–water partition coefficient (Wildman–Crippen LogP) is 9.78. The van der Waals surface area contributed by atoms with Crippen LogP contribution in [0.3, 0.4) is 0 Å². The average molecular weight is 653 g/mol. The highest BCUT2D eigenvalue weighted by Crippen LogP contribution is 2.35. The fourth-order valence-electron chi connectivity index (χ4n) is 4.28. The standard InChI is InChI=1S/C36H61O8P/c1-3-5-7-9-11-13-14-15-16-17-18-19-20-21-22-23-25-27-29-31-36(38)44-34(33-43-45(39,40)41)32-42-35(37)30-28-26-24-12-10-8-6-4-2/h5,7,11,13,15-16,18-19,21-22,34H,3-4,6,8-10,12,14,17,20,23-33H2,1-2H3,(H2,39,40,41)/b7-5-,13-11-,16-15-,19-18-,22-21-. The third kappa shape index (κ3) is 34.5. The summed E-state index contributed by atoms with van der Waals surface area (Å²) in [6.07, 6.45) is 38.1. The van der Waals surface area contributed by atoms with Gasteiger partial charge in [0.1, 0.15) is 6.61 Å². The molecule has 0 heterocycles. The maximum absolute atomic E-state index is 12.3. The fraction of sp³-hybridized carbons (Fsp3) is 0.667. The number of carbonyl (C=O) groups excluding carboxylic acids is 2. The normalized spacial score (nSPS) is 13.2. The number of carbonyl (C=O) groups is 2. The summed E-state index contributed by atoms with van der Waals surface area (Å²) in [5.41, 5.74) is 0. The third-order valence-electron chi connectivity index (χ3n) is 6.80. The largest absolute Gasteiger partial charge is 0.469 e. The summed E-state index contributed by atoms with van der Waals surface area (Å²) in [7, 11) is -4.75. The molecule has 0 amide bonds. The first-order valence-corrected chi connectivity index (χ1v) is 18.6. The molecule has 0 fully saturated rings. The van der Waals surface area contributed by atoms with E-state index in [1.165, 1.54) is 25.7 Å². The van der Waals surface area contributed by atoms with E-state index in [-0.39, 0.29) is 19.4 Å². The zero-order chi connectivity index (χ0) is 33.3. The molecule has 2 N–H and O–H groups in total. The Morgan fingerprint density at radius 1 is 0.600 bits per heavy atom. The topological polar surface area (TPSA) is 119 Å². The van der Waals surface area contributed by atoms with Gasteiger partial charge in [0.15, 0.2) is 6.10 Å². The fourth-order valence-corrected chi connectivity index (χ4v) is 4.64. The number of phosphoric ester groups is 1. The second-order valence-electron chi connectivity index (χ2n) is 11.1. The Hall–Kier alpha value is -2.25. The van der Waals surface area contributed by atoms with Crippen molar-refractivity contribution in [1.82, 2.24) is 0 Å². The van der Waals surface area contributed by atoms with Gasteiger partial charge in [0, 0.05) is 12.8 Å². The molecular formula is C36H61O8P. The van der Waals surface area contributed by atoms with Crippen molar-refractivity contribution in [3.63, 3.8) is 0 Å². The van der Waals surface area contributed by atoms with Gasteiger partial charge >= 0.3 is 19.8 Å². The number of allylic oxidation sites excluding steroid dienone is 10. The molecule has 0 aliphatic rings. The molecule has 1 atom stereocenters. The molecule has 1 unspecified atom stereocenters. The van der Waals surface area contributed by atoms with Crippen LogP contribution in [0, 0.1) is 0 Å². The van der Waals surface area contributed by atoms with Crippen LogP contribution in [0.4, 0.5) is 0 Å². The minimum absolute atomic E-state index is 0.171. The zero-order valence-corrected chi connectivity index (χ0v) is 28.9. The Bertz CT molecular complexity index is 916. The van der Waals surface area contributed by atoms with E-state index in [1.807, 2.05) is 0 Å². The first-order chi connectivity index (χ1) is 21.8. The molecule has 0 aromatic carbocycles. The van der Waals surface area contributed by atoms with E-state index in [0.717, 1.165) is 77.0 Å². The summed E-state index contributed by atoms with van der Waals surface area (Å²) in [4.78, 5) is 42.4. The molecule has 8 nitrogen and oxygen atoms in total. The number of esters is 2. The zero-order valence-electron chi connectivity index (χ0n) is 28.0. The van der Waals surface area contributed by atoms with Crippen LogP contribution in [0.25, 0.3) is 0 Å². The lowest BCUT2D eigenvalue weighted by Crippen LogP contribution is -2.29. The smallest absolute Gasteiger partial charge is 0.462 e. The lowest BCUT2D eigenvalue weighted by molar-refractivity contribution is -0.161. The number of hydrogen-bond donors (Lipinski definition) is 2. The van der Waals surface area contributed by atoms with Crippen LogP contribution in [-0.2, 0) is 28.2 Å². The molecule has 0 aliphatic heterocycles. The summed E-state index contributed by atoms with van der Waals surface area (Å²) in [5, 5.41) is 0. The summed E-state index contributed by atoms with van der Waals surface area (Å²) < 4.78 is 26.1. The van der Waals surface area contributed by atoms with Crippen LogP contribution in [-0.4, -0.2) is 41.0 Å². The van der Waals surface area contributed by atoms with Crippen molar-refractivity contribution in [2.24, 2.45) is 0 Å². The predicted molar refractivity (Wildman–Crippen MR) is 184 cm³/mol. The van der Waals surface area contributed by atoms with Gasteiger partial charge in [-0.15, -0.1) is 0 Å². The van der Waals surface area contributed by atoms with Gasteiger partial charge in [-0.05, 0) is 57.8 Å². The van der Waals surface area contributed by atoms with Crippen LogP contribution in [0.15, 0.2) is 60.8 Å². The first kappa shape index (κ1) is 42.8. The molecule has 0 radical (unpaired) electrons. The van der Waals surface area contributed by atoms with Gasteiger partial charge in [-0.1, -0.05) is 126 Å². The minimum atomic E-state index is -4.75. The van der Waals surface area contributed by atoms with E-state index in [1.54, 1.807) is 0 Å². The van der Waals surface area contributed by atoms with Gasteiger partial charge in [-0.25, -0.2) is 4.57 Å². The van der Waals surface area contributed by atoms with Crippen molar-refractivity contribution in [1.29, 1.82) is 0 Å². The molecule has 0 spiro atoms. The Kier molecular flexibility index (Phi) is 30.1. The summed E-state index contributed by atoms with van der Waals surface area (Å²) in [6.45, 7) is 3.47. The summed E-state index contributed by atoms with van der Waals surface area (Å²) >= 11 is 0. The monoisotopic (exact) mass is 652 g/mol. The van der Waals surface area contributed by atoms with Gasteiger partial charge in [0.25, 0.3) is 0 Å². The Morgan fingerprint density at radius 2 is 1.07 bits per heavy atom. The highest BCUT2D eigenvalue weighted by atomic mass is 31.2. The van der Waals surface area contributed by atoms with E-state index in [2.05, 4.69) is 79.1 Å². The van der Waals surface area contributed by atoms with Crippen LogP contribution in [0.1, 0.15) is 136 Å². The maximum atomic E-state index is 12.3. The molecule has 0 aromatic rings. The van der Waals surface area contributed by atoms with Crippen LogP contribution in [0.2, 0.25) is 0 Å². The van der Waals surface area contributed by atoms with Crippen molar-refractivity contribution in [2.75, 3.05) is 13.2 Å². The van der Waals surface area contributed by atoms with E-state index in [9.17, 15) is 14.2 Å². The number of phosphoric acid groups is 1. The number of unbranched alkanes of at least 4 members (excludes halogenated alkanes) is 10. The molecule has 0 rings (SSSR count). The summed E-state index contributed by atoms with van der Waals surface area (Å²) in [6, 6.07) is 0. The van der Waals surface area contributed by atoms with Crippen LogP contribution >= 0.6 is 7.82 Å². The molecule has 0 saturated heterocycles. The summed E-state index contributed by atoms with van der Waals surface area (Å²) in [5.74, 6) is -0.934. The first-order valence-electron chi connectivity index (χ1n) is 17.1. The van der Waals surface area contributed by atoms with Gasteiger partial charge in [-0.2, -0.15) is 0 Å². The molecular weight excluding hydrogens is 591 g/mol. The second kappa shape index (κ2) is 31.7. The third-order valence-corrected chi connectivity index (χ3v) is 7.29. The number of rotatable bonds is 30. The van der Waals surface area contributed by atoms with Crippen molar-refractivity contribution < 1.29 is 37.9 Å². The minimum Gasteiger partial charge on any atom is -0.462 e. The lowest BCUT2D eigenvalue weighted by atomic mass is 10.1. The van der Waals surface area contributed by atoms with E-state index in [0.29, 0.717) is 6.42 Å². The van der Waals surface area contributed by atoms with Gasteiger partial charge in [-0.3, -0.25) is 14.1 Å². The number of ether oxygens (including phenoxy) is 2. The van der Waals surface area contributed by atoms with Crippen molar-refractivity contribution in [3.8, 4) is 0 Å². The van der Waals surface area contributed by atoms with E-state index in [4.69, 9.17) is 19.3 Å². The SMILES string of the molecule is CC/C=C\C/C=C\C/C=C\C/C=C\C/C=C\CCCCCC(=O)OC(COC(=O)CCCCCCCCCC)COP(=O)(O)O. The highest BCUT2D eigenvalue weighted by molar-refractivity contribution is 7.46. The molecule has 9 heteroatoms. The van der Waals surface area contributed by atoms with Crippen molar-refractivity contribution in [3.05, 3.63) is 60.8 Å². The van der Waals surface area contributed by atoms with E-state index >= 15 is 0 Å². The molecule has 0 aliphatic carbocycles. The average Bonchev–Trinajstić information content (AvgIpc) is 3.00. The Morgan fingerprint density at radius 3 is 1.60 bits per heavy atom.